The molecule has 1 fully saturated rings. The van der Waals surface area contributed by atoms with Crippen LogP contribution in [0.3, 0.4) is 0 Å². The van der Waals surface area contributed by atoms with Crippen molar-refractivity contribution in [3.63, 3.8) is 0 Å². The Labute approximate surface area is 182 Å². The molecule has 0 bridgehead atoms. The van der Waals surface area contributed by atoms with Crippen LogP contribution in [0.2, 0.25) is 0 Å². The van der Waals surface area contributed by atoms with Gasteiger partial charge < -0.3 is 14.0 Å². The highest BCUT2D eigenvalue weighted by Gasteiger charge is 2.24. The van der Waals surface area contributed by atoms with Gasteiger partial charge in [0.15, 0.2) is 5.65 Å². The van der Waals surface area contributed by atoms with E-state index in [1.807, 2.05) is 54.6 Å². The fourth-order valence-electron chi connectivity index (χ4n) is 3.70. The van der Waals surface area contributed by atoms with Crippen molar-refractivity contribution >= 4 is 11.0 Å². The summed E-state index contributed by atoms with van der Waals surface area (Å²) in [6.07, 6.45) is 4.99. The van der Waals surface area contributed by atoms with Gasteiger partial charge >= 0.3 is 0 Å². The van der Waals surface area contributed by atoms with Crippen LogP contribution < -0.4 is 4.74 Å². The molecule has 158 valence electrons. The van der Waals surface area contributed by atoms with E-state index in [0.29, 0.717) is 29.0 Å². The Morgan fingerprint density at radius 2 is 1.88 bits per heavy atom. The zero-order valence-electron chi connectivity index (χ0n) is 17.0. The molecule has 9 heteroatoms. The normalized spacial score (nSPS) is 15.9. The SMILES string of the molecule is c1ccc(-n2ncc3c(Oc4ccc(-c5noc(C6CCCO6)n5)cc4)ncnc32)cc1. The predicted molar refractivity (Wildman–Crippen MR) is 114 cm³/mol. The fourth-order valence-corrected chi connectivity index (χ4v) is 3.70. The second-order valence-corrected chi connectivity index (χ2v) is 7.39. The summed E-state index contributed by atoms with van der Waals surface area (Å²) in [5.74, 6) is 2.11. The molecule has 4 heterocycles. The molecule has 0 saturated carbocycles. The largest absolute Gasteiger partial charge is 0.438 e. The van der Waals surface area contributed by atoms with Crippen molar-refractivity contribution in [2.24, 2.45) is 0 Å². The van der Waals surface area contributed by atoms with Gasteiger partial charge in [0.05, 0.1) is 11.9 Å². The maximum atomic E-state index is 6.03. The Hall–Kier alpha value is -4.11. The zero-order valence-corrected chi connectivity index (χ0v) is 17.0. The molecule has 1 saturated heterocycles. The Balaban J connectivity index is 1.24. The molecular weight excluding hydrogens is 408 g/mol. The third kappa shape index (κ3) is 3.38. The number of hydrogen-bond donors (Lipinski definition) is 0. The molecule has 1 aliphatic heterocycles. The smallest absolute Gasteiger partial charge is 0.256 e. The second kappa shape index (κ2) is 7.86. The van der Waals surface area contributed by atoms with Crippen LogP contribution in [-0.2, 0) is 4.74 Å². The van der Waals surface area contributed by atoms with Crippen LogP contribution in [0.1, 0.15) is 24.8 Å². The number of fused-ring (bicyclic) bond motifs is 1. The first-order valence-corrected chi connectivity index (χ1v) is 10.3. The van der Waals surface area contributed by atoms with Gasteiger partial charge in [0.25, 0.3) is 5.89 Å². The molecule has 1 atom stereocenters. The third-order valence-corrected chi connectivity index (χ3v) is 5.30. The Kier molecular flexibility index (Phi) is 4.58. The van der Waals surface area contributed by atoms with E-state index in [4.69, 9.17) is 14.0 Å². The number of rotatable bonds is 5. The van der Waals surface area contributed by atoms with Gasteiger partial charge in [-0.3, -0.25) is 0 Å². The highest BCUT2D eigenvalue weighted by Crippen LogP contribution is 2.31. The molecule has 0 N–H and O–H groups in total. The van der Waals surface area contributed by atoms with Gasteiger partial charge in [0.1, 0.15) is 23.6 Å². The minimum atomic E-state index is -0.101. The molecule has 0 aliphatic carbocycles. The fraction of sp³-hybridized carbons (Fsp3) is 0.174. The summed E-state index contributed by atoms with van der Waals surface area (Å²) in [6, 6.07) is 17.2. The van der Waals surface area contributed by atoms with Gasteiger partial charge in [-0.1, -0.05) is 23.4 Å². The number of benzene rings is 2. The van der Waals surface area contributed by atoms with Gasteiger partial charge in [0.2, 0.25) is 11.7 Å². The summed E-state index contributed by atoms with van der Waals surface area (Å²) >= 11 is 0. The highest BCUT2D eigenvalue weighted by atomic mass is 16.5. The topological polar surface area (TPSA) is 101 Å². The first-order chi connectivity index (χ1) is 15.8. The zero-order chi connectivity index (χ0) is 21.3. The minimum absolute atomic E-state index is 0.101. The monoisotopic (exact) mass is 426 g/mol. The highest BCUT2D eigenvalue weighted by molar-refractivity contribution is 5.81. The van der Waals surface area contributed by atoms with Crippen LogP contribution in [-0.4, -0.2) is 36.5 Å². The first-order valence-electron chi connectivity index (χ1n) is 10.3. The van der Waals surface area contributed by atoms with Crippen molar-refractivity contribution in [3.05, 3.63) is 73.0 Å². The number of para-hydroxylation sites is 1. The summed E-state index contributed by atoms with van der Waals surface area (Å²) in [5, 5.41) is 9.25. The summed E-state index contributed by atoms with van der Waals surface area (Å²) < 4.78 is 18.8. The molecule has 5 aromatic rings. The summed E-state index contributed by atoms with van der Waals surface area (Å²) in [7, 11) is 0. The van der Waals surface area contributed by atoms with Crippen molar-refractivity contribution in [1.29, 1.82) is 0 Å². The average molecular weight is 426 g/mol. The van der Waals surface area contributed by atoms with Crippen LogP contribution in [0.4, 0.5) is 0 Å². The molecule has 6 rings (SSSR count). The van der Waals surface area contributed by atoms with E-state index in [2.05, 4.69) is 25.2 Å². The van der Waals surface area contributed by atoms with Crippen LogP contribution in [0, 0.1) is 0 Å². The van der Waals surface area contributed by atoms with Crippen molar-refractivity contribution in [2.45, 2.75) is 18.9 Å². The number of hydrogen-bond acceptors (Lipinski definition) is 8. The van der Waals surface area contributed by atoms with Crippen molar-refractivity contribution < 1.29 is 14.0 Å². The third-order valence-electron chi connectivity index (χ3n) is 5.30. The second-order valence-electron chi connectivity index (χ2n) is 7.39. The van der Waals surface area contributed by atoms with Gasteiger partial charge in [0, 0.05) is 12.2 Å². The molecule has 32 heavy (non-hydrogen) atoms. The molecule has 3 aromatic heterocycles. The molecule has 0 spiro atoms. The lowest BCUT2D eigenvalue weighted by Crippen LogP contribution is -1.98. The molecule has 1 aliphatic rings. The average Bonchev–Trinajstić information content (AvgIpc) is 3.61. The van der Waals surface area contributed by atoms with Gasteiger partial charge in [-0.05, 0) is 49.2 Å². The molecule has 1 unspecified atom stereocenters. The van der Waals surface area contributed by atoms with E-state index in [1.165, 1.54) is 6.33 Å². The predicted octanol–water partition coefficient (Wildman–Crippen LogP) is 4.51. The maximum absolute atomic E-state index is 6.03. The van der Waals surface area contributed by atoms with Crippen LogP contribution >= 0.6 is 0 Å². The van der Waals surface area contributed by atoms with E-state index in [-0.39, 0.29) is 6.10 Å². The molecule has 0 amide bonds. The van der Waals surface area contributed by atoms with E-state index in [0.717, 1.165) is 36.1 Å². The standard InChI is InChI=1S/C23H18N6O3/c1-2-5-16(6-3-1)29-21-18(13-26-29)22(25-14-24-21)31-17-10-8-15(9-11-17)20-27-23(32-28-20)19-7-4-12-30-19/h1-3,5-6,8-11,13-14,19H,4,7,12H2. The Bertz CT molecular complexity index is 1360. The van der Waals surface area contributed by atoms with Crippen molar-refractivity contribution in [1.82, 2.24) is 29.9 Å². The molecular formula is C23H18N6O3. The van der Waals surface area contributed by atoms with E-state index in [1.54, 1.807) is 10.9 Å². The van der Waals surface area contributed by atoms with E-state index in [9.17, 15) is 0 Å². The Morgan fingerprint density at radius 3 is 2.69 bits per heavy atom. The number of ether oxygens (including phenoxy) is 2. The number of nitrogens with zero attached hydrogens (tertiary/aromatic N) is 6. The van der Waals surface area contributed by atoms with Gasteiger partial charge in [-0.15, -0.1) is 0 Å². The lowest BCUT2D eigenvalue weighted by Gasteiger charge is -2.06. The van der Waals surface area contributed by atoms with Crippen LogP contribution in [0.5, 0.6) is 11.6 Å². The molecule has 2 aromatic carbocycles. The van der Waals surface area contributed by atoms with Gasteiger partial charge in [-0.2, -0.15) is 10.1 Å². The minimum Gasteiger partial charge on any atom is -0.438 e. The van der Waals surface area contributed by atoms with Crippen molar-refractivity contribution in [3.8, 4) is 28.7 Å². The molecule has 9 nitrogen and oxygen atoms in total. The quantitative estimate of drug-likeness (QED) is 0.405. The van der Waals surface area contributed by atoms with E-state index >= 15 is 0 Å². The Morgan fingerprint density at radius 1 is 1.00 bits per heavy atom. The summed E-state index contributed by atoms with van der Waals surface area (Å²) in [5.41, 5.74) is 2.42. The number of aromatic nitrogens is 6. The maximum Gasteiger partial charge on any atom is 0.256 e. The lowest BCUT2D eigenvalue weighted by atomic mass is 10.2. The first kappa shape index (κ1) is 18.6. The summed E-state index contributed by atoms with van der Waals surface area (Å²) in [4.78, 5) is 13.2. The van der Waals surface area contributed by atoms with Gasteiger partial charge in [-0.25, -0.2) is 14.6 Å². The van der Waals surface area contributed by atoms with Crippen molar-refractivity contribution in [2.75, 3.05) is 6.61 Å². The molecule has 0 radical (unpaired) electrons. The van der Waals surface area contributed by atoms with E-state index < -0.39 is 0 Å². The van der Waals surface area contributed by atoms with Crippen LogP contribution in [0.15, 0.2) is 71.6 Å². The lowest BCUT2D eigenvalue weighted by molar-refractivity contribution is 0.0835. The van der Waals surface area contributed by atoms with Crippen LogP contribution in [0.25, 0.3) is 28.1 Å². The summed E-state index contributed by atoms with van der Waals surface area (Å²) in [6.45, 7) is 0.731.